The molecule has 0 radical (unpaired) electrons. The maximum absolute atomic E-state index is 5.86. The molecule has 2 atom stereocenters. The summed E-state index contributed by atoms with van der Waals surface area (Å²) in [6.45, 7) is 4.71. The van der Waals surface area contributed by atoms with Gasteiger partial charge in [0.1, 0.15) is 12.4 Å². The Bertz CT molecular complexity index is 639. The summed E-state index contributed by atoms with van der Waals surface area (Å²) in [6.07, 6.45) is 5.16. The van der Waals surface area contributed by atoms with Crippen LogP contribution in [0.25, 0.3) is 6.08 Å². The van der Waals surface area contributed by atoms with Gasteiger partial charge in [0.25, 0.3) is 0 Å². The summed E-state index contributed by atoms with van der Waals surface area (Å²) in [5.74, 6) is 0.841. The van der Waals surface area contributed by atoms with E-state index < -0.39 is 0 Å². The van der Waals surface area contributed by atoms with E-state index in [2.05, 4.69) is 32.1 Å². The van der Waals surface area contributed by atoms with Gasteiger partial charge < -0.3 is 14.2 Å². The predicted octanol–water partition coefficient (Wildman–Crippen LogP) is 4.99. The van der Waals surface area contributed by atoms with Crippen molar-refractivity contribution in [2.75, 3.05) is 6.61 Å². The fraction of sp³-hybridized carbons (Fsp3) is 0.333. The minimum atomic E-state index is -0.282. The predicted molar refractivity (Wildman–Crippen MR) is 95.9 cm³/mol. The van der Waals surface area contributed by atoms with Gasteiger partial charge in [0.15, 0.2) is 6.29 Å². The molecule has 2 aromatic rings. The summed E-state index contributed by atoms with van der Waals surface area (Å²) in [6, 6.07) is 18.1. The Balaban J connectivity index is 1.52. The smallest absolute Gasteiger partial charge is 0.184 e. The molecular formula is C21H24O3. The van der Waals surface area contributed by atoms with Crippen LogP contribution in [0, 0.1) is 0 Å². The van der Waals surface area contributed by atoms with Crippen LogP contribution in [0.5, 0.6) is 5.75 Å². The SMILES string of the molecule is CC1CC(C)OC(c2ccc(OCC=Cc3ccccc3)cc2)O1. The zero-order valence-electron chi connectivity index (χ0n) is 14.2. The first-order valence-electron chi connectivity index (χ1n) is 8.46. The van der Waals surface area contributed by atoms with E-state index >= 15 is 0 Å². The molecule has 1 heterocycles. The highest BCUT2D eigenvalue weighted by molar-refractivity contribution is 5.48. The Kier molecular flexibility index (Phi) is 5.68. The van der Waals surface area contributed by atoms with Crippen LogP contribution in [0.4, 0.5) is 0 Å². The monoisotopic (exact) mass is 324 g/mol. The van der Waals surface area contributed by atoms with Crippen molar-refractivity contribution in [3.63, 3.8) is 0 Å². The summed E-state index contributed by atoms with van der Waals surface area (Å²) >= 11 is 0. The van der Waals surface area contributed by atoms with Crippen molar-refractivity contribution in [1.82, 2.24) is 0 Å². The number of ether oxygens (including phenoxy) is 3. The molecule has 1 fully saturated rings. The van der Waals surface area contributed by atoms with Crippen LogP contribution in [0.15, 0.2) is 60.7 Å². The minimum Gasteiger partial charge on any atom is -0.490 e. The highest BCUT2D eigenvalue weighted by Crippen LogP contribution is 2.30. The maximum atomic E-state index is 5.86. The molecule has 0 N–H and O–H groups in total. The Morgan fingerprint density at radius 1 is 0.958 bits per heavy atom. The lowest BCUT2D eigenvalue weighted by atomic mass is 10.1. The number of hydrogen-bond acceptors (Lipinski definition) is 3. The summed E-state index contributed by atoms with van der Waals surface area (Å²) in [7, 11) is 0. The lowest BCUT2D eigenvalue weighted by molar-refractivity contribution is -0.239. The lowest BCUT2D eigenvalue weighted by Gasteiger charge is -2.32. The topological polar surface area (TPSA) is 27.7 Å². The molecule has 3 rings (SSSR count). The van der Waals surface area contributed by atoms with Crippen molar-refractivity contribution in [2.45, 2.75) is 38.8 Å². The van der Waals surface area contributed by atoms with Crippen molar-refractivity contribution in [3.05, 3.63) is 71.8 Å². The van der Waals surface area contributed by atoms with Crippen LogP contribution in [-0.4, -0.2) is 18.8 Å². The molecule has 1 aliphatic rings. The Hall–Kier alpha value is -2.10. The molecule has 24 heavy (non-hydrogen) atoms. The van der Waals surface area contributed by atoms with Crippen LogP contribution in [0.2, 0.25) is 0 Å². The van der Waals surface area contributed by atoms with Gasteiger partial charge in [-0.25, -0.2) is 0 Å². The van der Waals surface area contributed by atoms with Crippen molar-refractivity contribution in [1.29, 1.82) is 0 Å². The first kappa shape index (κ1) is 16.7. The molecule has 126 valence electrons. The molecule has 3 nitrogen and oxygen atoms in total. The second-order valence-electron chi connectivity index (χ2n) is 6.15. The summed E-state index contributed by atoms with van der Waals surface area (Å²) in [5.41, 5.74) is 2.20. The Morgan fingerprint density at radius 3 is 2.29 bits per heavy atom. The highest BCUT2D eigenvalue weighted by atomic mass is 16.7. The Morgan fingerprint density at radius 2 is 1.62 bits per heavy atom. The molecule has 2 unspecified atom stereocenters. The van der Waals surface area contributed by atoms with E-state index in [4.69, 9.17) is 14.2 Å². The second kappa shape index (κ2) is 8.13. The molecule has 0 saturated carbocycles. The highest BCUT2D eigenvalue weighted by Gasteiger charge is 2.25. The van der Waals surface area contributed by atoms with Gasteiger partial charge in [-0.1, -0.05) is 48.5 Å². The molecule has 0 bridgehead atoms. The fourth-order valence-electron chi connectivity index (χ4n) is 2.80. The quantitative estimate of drug-likeness (QED) is 0.775. The van der Waals surface area contributed by atoms with E-state index in [0.717, 1.165) is 17.7 Å². The van der Waals surface area contributed by atoms with Gasteiger partial charge in [-0.05, 0) is 44.0 Å². The van der Waals surface area contributed by atoms with Gasteiger partial charge in [0.05, 0.1) is 12.2 Å². The van der Waals surface area contributed by atoms with Crippen LogP contribution < -0.4 is 4.74 Å². The first-order chi connectivity index (χ1) is 11.7. The van der Waals surface area contributed by atoms with Crippen molar-refractivity contribution < 1.29 is 14.2 Å². The fourth-order valence-corrected chi connectivity index (χ4v) is 2.80. The van der Waals surface area contributed by atoms with Gasteiger partial charge in [0.2, 0.25) is 0 Å². The molecule has 0 aromatic heterocycles. The summed E-state index contributed by atoms with van der Waals surface area (Å²) < 4.78 is 17.5. The largest absolute Gasteiger partial charge is 0.490 e. The van der Waals surface area contributed by atoms with Crippen LogP contribution in [-0.2, 0) is 9.47 Å². The minimum absolute atomic E-state index is 0.220. The molecule has 1 saturated heterocycles. The van der Waals surface area contributed by atoms with Gasteiger partial charge in [-0.15, -0.1) is 0 Å². The summed E-state index contributed by atoms with van der Waals surface area (Å²) in [4.78, 5) is 0. The van der Waals surface area contributed by atoms with Gasteiger partial charge in [-0.3, -0.25) is 0 Å². The third-order valence-corrected chi connectivity index (χ3v) is 3.98. The average molecular weight is 324 g/mol. The number of benzene rings is 2. The standard InChI is InChI=1S/C21H24O3/c1-16-15-17(2)24-21(23-16)19-10-12-20(13-11-19)22-14-6-9-18-7-4-3-5-8-18/h3-13,16-17,21H,14-15H2,1-2H3. The molecule has 0 amide bonds. The van der Waals surface area contributed by atoms with Gasteiger partial charge >= 0.3 is 0 Å². The van der Waals surface area contributed by atoms with E-state index in [9.17, 15) is 0 Å². The van der Waals surface area contributed by atoms with Crippen LogP contribution in [0.3, 0.4) is 0 Å². The lowest BCUT2D eigenvalue weighted by Crippen LogP contribution is -2.30. The molecule has 0 spiro atoms. The average Bonchev–Trinajstić information content (AvgIpc) is 2.59. The van der Waals surface area contributed by atoms with E-state index in [1.165, 1.54) is 5.56 Å². The first-order valence-corrected chi connectivity index (χ1v) is 8.46. The van der Waals surface area contributed by atoms with E-state index in [1.807, 2.05) is 48.5 Å². The van der Waals surface area contributed by atoms with E-state index in [0.29, 0.717) is 6.61 Å². The van der Waals surface area contributed by atoms with E-state index in [-0.39, 0.29) is 18.5 Å². The molecule has 3 heteroatoms. The summed E-state index contributed by atoms with van der Waals surface area (Å²) in [5, 5.41) is 0. The zero-order valence-corrected chi connectivity index (χ0v) is 14.2. The molecule has 1 aliphatic heterocycles. The van der Waals surface area contributed by atoms with Crippen LogP contribution in [0.1, 0.15) is 37.7 Å². The van der Waals surface area contributed by atoms with Gasteiger partial charge in [0, 0.05) is 5.56 Å². The molecule has 0 aliphatic carbocycles. The van der Waals surface area contributed by atoms with Gasteiger partial charge in [-0.2, -0.15) is 0 Å². The second-order valence-corrected chi connectivity index (χ2v) is 6.15. The van der Waals surface area contributed by atoms with Crippen LogP contribution >= 0.6 is 0 Å². The van der Waals surface area contributed by atoms with E-state index in [1.54, 1.807) is 0 Å². The normalized spacial score (nSPS) is 24.2. The van der Waals surface area contributed by atoms with Crippen molar-refractivity contribution in [2.24, 2.45) is 0 Å². The van der Waals surface area contributed by atoms with Crippen molar-refractivity contribution in [3.8, 4) is 5.75 Å². The molecule has 2 aromatic carbocycles. The Labute approximate surface area is 143 Å². The maximum Gasteiger partial charge on any atom is 0.184 e. The van der Waals surface area contributed by atoms with Crippen molar-refractivity contribution >= 4 is 6.08 Å². The zero-order chi connectivity index (χ0) is 16.8. The number of hydrogen-bond donors (Lipinski definition) is 0. The third-order valence-electron chi connectivity index (χ3n) is 3.98. The number of rotatable bonds is 5. The molecular weight excluding hydrogens is 300 g/mol. The third kappa shape index (κ3) is 4.70.